The maximum atomic E-state index is 12.5. The van der Waals surface area contributed by atoms with Crippen molar-refractivity contribution < 1.29 is 14.3 Å². The van der Waals surface area contributed by atoms with Crippen LogP contribution in [-0.4, -0.2) is 43.7 Å². The molecule has 2 unspecified atom stereocenters. The van der Waals surface area contributed by atoms with Crippen LogP contribution in [0.3, 0.4) is 0 Å². The lowest BCUT2D eigenvalue weighted by Gasteiger charge is -2.29. The van der Waals surface area contributed by atoms with E-state index < -0.39 is 6.10 Å². The zero-order valence-corrected chi connectivity index (χ0v) is 16.1. The van der Waals surface area contributed by atoms with Gasteiger partial charge in [-0.1, -0.05) is 30.3 Å². The second-order valence-corrected chi connectivity index (χ2v) is 6.85. The molecule has 0 bridgehead atoms. The van der Waals surface area contributed by atoms with Gasteiger partial charge < -0.3 is 14.8 Å². The van der Waals surface area contributed by atoms with Gasteiger partial charge >= 0.3 is 0 Å². The number of hydrogen-bond donors (Lipinski definition) is 1. The number of carbonyl (C=O) groups is 1. The summed E-state index contributed by atoms with van der Waals surface area (Å²) < 4.78 is 11.0. The van der Waals surface area contributed by atoms with E-state index in [2.05, 4.69) is 22.3 Å². The van der Waals surface area contributed by atoms with Gasteiger partial charge in [0.15, 0.2) is 6.10 Å². The molecular formula is C22H28N2O3. The topological polar surface area (TPSA) is 50.8 Å². The van der Waals surface area contributed by atoms with Crippen LogP contribution in [0.25, 0.3) is 0 Å². The number of para-hydroxylation sites is 1. The summed E-state index contributed by atoms with van der Waals surface area (Å²) in [6, 6.07) is 17.7. The highest BCUT2D eigenvalue weighted by molar-refractivity contribution is 5.80. The Morgan fingerprint density at radius 3 is 2.33 bits per heavy atom. The molecular weight excluding hydrogens is 340 g/mol. The van der Waals surface area contributed by atoms with Gasteiger partial charge in [-0.25, -0.2) is 0 Å². The Labute approximate surface area is 161 Å². The van der Waals surface area contributed by atoms with E-state index in [1.165, 1.54) is 18.4 Å². The lowest BCUT2D eigenvalue weighted by molar-refractivity contribution is -0.127. The quantitative estimate of drug-likeness (QED) is 0.776. The summed E-state index contributed by atoms with van der Waals surface area (Å²) in [7, 11) is 1.67. The van der Waals surface area contributed by atoms with Crippen molar-refractivity contribution in [2.45, 2.75) is 31.9 Å². The third kappa shape index (κ3) is 5.23. The van der Waals surface area contributed by atoms with Crippen LogP contribution >= 0.6 is 0 Å². The van der Waals surface area contributed by atoms with Gasteiger partial charge in [-0.2, -0.15) is 0 Å². The first-order chi connectivity index (χ1) is 13.2. The van der Waals surface area contributed by atoms with Gasteiger partial charge in [0.05, 0.1) is 13.2 Å². The summed E-state index contributed by atoms with van der Waals surface area (Å²) in [5.41, 5.74) is 1.19. The van der Waals surface area contributed by atoms with Gasteiger partial charge in [-0.3, -0.25) is 9.69 Å². The number of methoxy groups -OCH3 is 1. The Morgan fingerprint density at radius 2 is 1.70 bits per heavy atom. The zero-order chi connectivity index (χ0) is 19.1. The van der Waals surface area contributed by atoms with E-state index in [0.717, 1.165) is 18.8 Å². The van der Waals surface area contributed by atoms with Crippen molar-refractivity contribution in [2.24, 2.45) is 0 Å². The largest absolute Gasteiger partial charge is 0.497 e. The Hall–Kier alpha value is -2.53. The normalized spacial score (nSPS) is 16.5. The molecule has 3 rings (SSSR count). The number of nitrogens with one attached hydrogen (secondary N) is 1. The van der Waals surface area contributed by atoms with Crippen LogP contribution in [0.15, 0.2) is 54.6 Å². The molecule has 0 saturated carbocycles. The van der Waals surface area contributed by atoms with Crippen LogP contribution in [0, 0.1) is 0 Å². The van der Waals surface area contributed by atoms with E-state index in [0.29, 0.717) is 12.3 Å². The number of nitrogens with zero attached hydrogens (tertiary/aromatic N) is 1. The van der Waals surface area contributed by atoms with Gasteiger partial charge in [0.2, 0.25) is 0 Å². The van der Waals surface area contributed by atoms with Gasteiger partial charge in [0.1, 0.15) is 11.5 Å². The minimum atomic E-state index is -0.539. The van der Waals surface area contributed by atoms with Crippen LogP contribution in [0.5, 0.6) is 11.5 Å². The summed E-state index contributed by atoms with van der Waals surface area (Å²) in [5, 5.41) is 3.07. The Morgan fingerprint density at radius 1 is 1.04 bits per heavy atom. The van der Waals surface area contributed by atoms with E-state index in [1.54, 1.807) is 14.0 Å². The second kappa shape index (κ2) is 9.42. The molecule has 0 radical (unpaired) electrons. The predicted octanol–water partition coefficient (Wildman–Crippen LogP) is 3.42. The van der Waals surface area contributed by atoms with Gasteiger partial charge in [-0.05, 0) is 62.7 Å². The third-order valence-corrected chi connectivity index (χ3v) is 4.98. The standard InChI is InChI=1S/C22H28N2O3/c1-17(27-20-8-4-3-5-9-20)22(25)23-16-21(24-14-6-7-15-24)18-10-12-19(26-2)13-11-18/h3-5,8-13,17,21H,6-7,14-16H2,1-2H3,(H,23,25). The monoisotopic (exact) mass is 368 g/mol. The average Bonchev–Trinajstić information content (AvgIpc) is 3.23. The summed E-state index contributed by atoms with van der Waals surface area (Å²) in [5.74, 6) is 1.44. The summed E-state index contributed by atoms with van der Waals surface area (Å²) in [4.78, 5) is 15.0. The molecule has 1 fully saturated rings. The molecule has 144 valence electrons. The minimum absolute atomic E-state index is 0.100. The Balaban J connectivity index is 1.62. The fraction of sp³-hybridized carbons (Fsp3) is 0.409. The summed E-state index contributed by atoms with van der Waals surface area (Å²) in [6.07, 6.45) is 1.87. The number of benzene rings is 2. The first-order valence-corrected chi connectivity index (χ1v) is 9.55. The number of amides is 1. The van der Waals surface area contributed by atoms with Gasteiger partial charge in [0.25, 0.3) is 5.91 Å². The molecule has 5 heteroatoms. The molecule has 1 heterocycles. The SMILES string of the molecule is COc1ccc(C(CNC(=O)C(C)Oc2ccccc2)N2CCCC2)cc1. The smallest absolute Gasteiger partial charge is 0.260 e. The molecule has 0 aliphatic carbocycles. The zero-order valence-electron chi connectivity index (χ0n) is 16.1. The minimum Gasteiger partial charge on any atom is -0.497 e. The highest BCUT2D eigenvalue weighted by Gasteiger charge is 2.25. The Kier molecular flexibility index (Phi) is 6.71. The number of hydrogen-bond acceptors (Lipinski definition) is 4. The molecule has 2 atom stereocenters. The van der Waals surface area contributed by atoms with Gasteiger partial charge in [-0.15, -0.1) is 0 Å². The summed E-state index contributed by atoms with van der Waals surface area (Å²) in [6.45, 7) is 4.46. The fourth-order valence-corrected chi connectivity index (χ4v) is 3.43. The van der Waals surface area contributed by atoms with Crippen molar-refractivity contribution in [1.29, 1.82) is 0 Å². The molecule has 2 aromatic carbocycles. The van der Waals surface area contributed by atoms with Crippen molar-refractivity contribution >= 4 is 5.91 Å². The van der Waals surface area contributed by atoms with E-state index in [4.69, 9.17) is 9.47 Å². The maximum absolute atomic E-state index is 12.5. The van der Waals surface area contributed by atoms with Crippen molar-refractivity contribution in [3.05, 3.63) is 60.2 Å². The first-order valence-electron chi connectivity index (χ1n) is 9.55. The van der Waals surface area contributed by atoms with Crippen molar-refractivity contribution in [3.63, 3.8) is 0 Å². The average molecular weight is 368 g/mol. The van der Waals surface area contributed by atoms with E-state index in [9.17, 15) is 4.79 Å². The summed E-state index contributed by atoms with van der Waals surface area (Å²) >= 11 is 0. The van der Waals surface area contributed by atoms with E-state index >= 15 is 0 Å². The van der Waals surface area contributed by atoms with E-state index in [1.807, 2.05) is 42.5 Å². The predicted molar refractivity (Wildman–Crippen MR) is 106 cm³/mol. The van der Waals surface area contributed by atoms with E-state index in [-0.39, 0.29) is 11.9 Å². The lowest BCUT2D eigenvalue weighted by Crippen LogP contribution is -2.42. The van der Waals surface area contributed by atoms with Crippen LogP contribution in [0.1, 0.15) is 31.4 Å². The number of likely N-dealkylation sites (tertiary alicyclic amines) is 1. The molecule has 0 aromatic heterocycles. The molecule has 1 aliphatic rings. The van der Waals surface area contributed by atoms with Crippen molar-refractivity contribution in [3.8, 4) is 11.5 Å². The molecule has 5 nitrogen and oxygen atoms in total. The fourth-order valence-electron chi connectivity index (χ4n) is 3.43. The van der Waals surface area contributed by atoms with Crippen LogP contribution in [0.4, 0.5) is 0 Å². The molecule has 0 spiro atoms. The highest BCUT2D eigenvalue weighted by Crippen LogP contribution is 2.26. The van der Waals surface area contributed by atoms with Crippen molar-refractivity contribution in [2.75, 3.05) is 26.7 Å². The first kappa shape index (κ1) is 19.2. The van der Waals surface area contributed by atoms with Gasteiger partial charge in [0, 0.05) is 6.54 Å². The number of carbonyl (C=O) groups excluding carboxylic acids is 1. The highest BCUT2D eigenvalue weighted by atomic mass is 16.5. The third-order valence-electron chi connectivity index (χ3n) is 4.98. The molecule has 1 amide bonds. The lowest BCUT2D eigenvalue weighted by atomic mass is 10.1. The molecule has 27 heavy (non-hydrogen) atoms. The number of ether oxygens (including phenoxy) is 2. The molecule has 1 N–H and O–H groups in total. The molecule has 1 saturated heterocycles. The maximum Gasteiger partial charge on any atom is 0.260 e. The molecule has 2 aromatic rings. The van der Waals surface area contributed by atoms with Crippen LogP contribution in [0.2, 0.25) is 0 Å². The second-order valence-electron chi connectivity index (χ2n) is 6.85. The van der Waals surface area contributed by atoms with Crippen LogP contribution < -0.4 is 14.8 Å². The Bertz CT molecular complexity index is 712. The molecule has 1 aliphatic heterocycles. The van der Waals surface area contributed by atoms with Crippen LogP contribution in [-0.2, 0) is 4.79 Å². The van der Waals surface area contributed by atoms with Crippen molar-refractivity contribution in [1.82, 2.24) is 10.2 Å². The number of rotatable bonds is 8.